The Balaban J connectivity index is 1.38. The minimum absolute atomic E-state index is 0.435. The Morgan fingerprint density at radius 2 is 1.86 bits per heavy atom. The lowest BCUT2D eigenvalue weighted by molar-refractivity contribution is 0.0577. The standard InChI is InChI=1S/C27H31N5O3/c1-27(2,33)18-32-17-22(16-29-32)19-4-5-20-15-28-26(13-21(20)12-19)30-24-7-6-23(14-25(24)34-3)31-8-10-35-11-9-31/h4-7,12-17,33H,8-11,18H2,1-3H3,(H,28,30). The zero-order valence-electron chi connectivity index (χ0n) is 20.4. The van der Waals surface area contributed by atoms with Crippen LogP contribution in [-0.2, 0) is 11.3 Å². The molecule has 2 N–H and O–H groups in total. The van der Waals surface area contributed by atoms with Gasteiger partial charge in [-0.3, -0.25) is 4.68 Å². The minimum Gasteiger partial charge on any atom is -0.494 e. The smallest absolute Gasteiger partial charge is 0.144 e. The van der Waals surface area contributed by atoms with Gasteiger partial charge in [0, 0.05) is 48.2 Å². The molecule has 1 aliphatic rings. The van der Waals surface area contributed by atoms with E-state index in [0.29, 0.717) is 6.54 Å². The predicted molar refractivity (Wildman–Crippen MR) is 139 cm³/mol. The van der Waals surface area contributed by atoms with Crippen LogP contribution in [0.2, 0.25) is 0 Å². The largest absolute Gasteiger partial charge is 0.494 e. The van der Waals surface area contributed by atoms with Crippen LogP contribution in [0.3, 0.4) is 0 Å². The first-order valence-corrected chi connectivity index (χ1v) is 11.8. The summed E-state index contributed by atoms with van der Waals surface area (Å²) in [5.41, 5.74) is 3.23. The van der Waals surface area contributed by atoms with Crippen molar-refractivity contribution in [3.05, 3.63) is 61.1 Å². The van der Waals surface area contributed by atoms with Gasteiger partial charge in [0.2, 0.25) is 0 Å². The van der Waals surface area contributed by atoms with Crippen LogP contribution in [0, 0.1) is 0 Å². The van der Waals surface area contributed by atoms with Gasteiger partial charge in [0.05, 0.1) is 44.4 Å². The number of ether oxygens (including phenoxy) is 2. The topological polar surface area (TPSA) is 84.7 Å². The Labute approximate surface area is 205 Å². The van der Waals surface area contributed by atoms with Crippen molar-refractivity contribution in [1.29, 1.82) is 0 Å². The number of pyridine rings is 1. The first-order valence-electron chi connectivity index (χ1n) is 11.8. The van der Waals surface area contributed by atoms with Gasteiger partial charge in [-0.05, 0) is 49.1 Å². The number of morpholine rings is 1. The van der Waals surface area contributed by atoms with Crippen molar-refractivity contribution in [1.82, 2.24) is 14.8 Å². The highest BCUT2D eigenvalue weighted by molar-refractivity contribution is 5.89. The number of methoxy groups -OCH3 is 1. The highest BCUT2D eigenvalue weighted by atomic mass is 16.5. The van der Waals surface area contributed by atoms with E-state index in [9.17, 15) is 5.11 Å². The van der Waals surface area contributed by atoms with E-state index in [4.69, 9.17) is 9.47 Å². The molecule has 35 heavy (non-hydrogen) atoms. The van der Waals surface area contributed by atoms with Crippen molar-refractivity contribution in [2.45, 2.75) is 26.0 Å². The molecular weight excluding hydrogens is 442 g/mol. The fourth-order valence-corrected chi connectivity index (χ4v) is 4.32. The van der Waals surface area contributed by atoms with E-state index in [1.165, 1.54) is 0 Å². The first-order chi connectivity index (χ1) is 16.9. The van der Waals surface area contributed by atoms with Crippen LogP contribution in [0.4, 0.5) is 17.2 Å². The maximum Gasteiger partial charge on any atom is 0.144 e. The summed E-state index contributed by atoms with van der Waals surface area (Å²) in [4.78, 5) is 6.90. The van der Waals surface area contributed by atoms with Crippen LogP contribution in [0.25, 0.3) is 21.9 Å². The minimum atomic E-state index is -0.819. The highest BCUT2D eigenvalue weighted by Crippen LogP contribution is 2.33. The number of fused-ring (bicyclic) bond motifs is 1. The molecule has 0 spiro atoms. The molecule has 1 fully saturated rings. The van der Waals surface area contributed by atoms with Crippen LogP contribution in [-0.4, -0.2) is 58.9 Å². The normalized spacial score (nSPS) is 14.3. The van der Waals surface area contributed by atoms with Crippen LogP contribution in [0.15, 0.2) is 61.1 Å². The van der Waals surface area contributed by atoms with E-state index in [1.54, 1.807) is 25.6 Å². The van der Waals surface area contributed by atoms with Crippen molar-refractivity contribution >= 4 is 28.0 Å². The van der Waals surface area contributed by atoms with Crippen molar-refractivity contribution in [3.63, 3.8) is 0 Å². The Kier molecular flexibility index (Phi) is 6.32. The molecule has 1 aliphatic heterocycles. The molecule has 1 saturated heterocycles. The number of aliphatic hydroxyl groups is 1. The molecule has 4 aromatic rings. The molecule has 2 aromatic carbocycles. The molecule has 0 atom stereocenters. The summed E-state index contributed by atoms with van der Waals surface area (Å²) in [6, 6.07) is 14.5. The Bertz CT molecular complexity index is 1320. The molecule has 182 valence electrons. The number of nitrogens with one attached hydrogen (secondary N) is 1. The summed E-state index contributed by atoms with van der Waals surface area (Å²) in [5, 5.41) is 20.0. The zero-order chi connectivity index (χ0) is 24.4. The first kappa shape index (κ1) is 23.1. The number of nitrogens with zero attached hydrogens (tertiary/aromatic N) is 4. The quantitative estimate of drug-likeness (QED) is 0.410. The average molecular weight is 474 g/mol. The number of aromatic nitrogens is 3. The third kappa shape index (κ3) is 5.39. The van der Waals surface area contributed by atoms with E-state index < -0.39 is 5.60 Å². The van der Waals surface area contributed by atoms with E-state index >= 15 is 0 Å². The number of hydrogen-bond donors (Lipinski definition) is 2. The molecule has 8 nitrogen and oxygen atoms in total. The van der Waals surface area contributed by atoms with Gasteiger partial charge in [0.25, 0.3) is 0 Å². The van der Waals surface area contributed by atoms with Gasteiger partial charge >= 0.3 is 0 Å². The molecule has 0 amide bonds. The summed E-state index contributed by atoms with van der Waals surface area (Å²) in [5.74, 6) is 1.51. The molecule has 0 unspecified atom stereocenters. The van der Waals surface area contributed by atoms with Crippen molar-refractivity contribution in [2.24, 2.45) is 0 Å². The Morgan fingerprint density at radius 3 is 2.63 bits per heavy atom. The second kappa shape index (κ2) is 9.56. The molecule has 5 rings (SSSR count). The van der Waals surface area contributed by atoms with Crippen LogP contribution >= 0.6 is 0 Å². The maximum absolute atomic E-state index is 10.1. The number of hydrogen-bond acceptors (Lipinski definition) is 7. The molecule has 2 aromatic heterocycles. The zero-order valence-corrected chi connectivity index (χ0v) is 20.4. The van der Waals surface area contributed by atoms with Crippen molar-refractivity contribution < 1.29 is 14.6 Å². The fraction of sp³-hybridized carbons (Fsp3) is 0.333. The van der Waals surface area contributed by atoms with Crippen molar-refractivity contribution in [2.75, 3.05) is 43.6 Å². The maximum atomic E-state index is 10.1. The average Bonchev–Trinajstić information content (AvgIpc) is 3.31. The number of rotatable bonds is 7. The van der Waals surface area contributed by atoms with Crippen LogP contribution < -0.4 is 15.0 Å². The van der Waals surface area contributed by atoms with E-state index in [0.717, 1.165) is 71.1 Å². The third-order valence-corrected chi connectivity index (χ3v) is 6.06. The lowest BCUT2D eigenvalue weighted by Crippen LogP contribution is -2.36. The molecule has 0 radical (unpaired) electrons. The fourth-order valence-electron chi connectivity index (χ4n) is 4.32. The highest BCUT2D eigenvalue weighted by Gasteiger charge is 2.16. The van der Waals surface area contributed by atoms with Crippen LogP contribution in [0.5, 0.6) is 5.75 Å². The second-order valence-electron chi connectivity index (χ2n) is 9.48. The van der Waals surface area contributed by atoms with E-state index in [2.05, 4.69) is 50.6 Å². The van der Waals surface area contributed by atoms with Gasteiger partial charge < -0.3 is 24.8 Å². The third-order valence-electron chi connectivity index (χ3n) is 6.06. The van der Waals surface area contributed by atoms with Crippen LogP contribution in [0.1, 0.15) is 13.8 Å². The summed E-state index contributed by atoms with van der Waals surface area (Å²) >= 11 is 0. The summed E-state index contributed by atoms with van der Waals surface area (Å²) in [7, 11) is 1.68. The molecule has 0 bridgehead atoms. The van der Waals surface area contributed by atoms with Gasteiger partial charge in [-0.1, -0.05) is 12.1 Å². The second-order valence-corrected chi connectivity index (χ2v) is 9.48. The monoisotopic (exact) mass is 473 g/mol. The molecule has 8 heteroatoms. The van der Waals surface area contributed by atoms with Gasteiger partial charge in [-0.25, -0.2) is 4.98 Å². The van der Waals surface area contributed by atoms with Gasteiger partial charge in [0.15, 0.2) is 0 Å². The Morgan fingerprint density at radius 1 is 1.03 bits per heavy atom. The molecule has 0 aliphatic carbocycles. The predicted octanol–water partition coefficient (Wildman–Crippen LogP) is 4.46. The molecular formula is C27H31N5O3. The number of anilines is 3. The number of benzene rings is 2. The molecule has 3 heterocycles. The Hall–Kier alpha value is -3.62. The lowest BCUT2D eigenvalue weighted by atomic mass is 10.0. The summed E-state index contributed by atoms with van der Waals surface area (Å²) in [6.07, 6.45) is 5.65. The summed E-state index contributed by atoms with van der Waals surface area (Å²) in [6.45, 7) is 7.22. The van der Waals surface area contributed by atoms with Gasteiger partial charge in [-0.15, -0.1) is 0 Å². The molecule has 0 saturated carbocycles. The van der Waals surface area contributed by atoms with Crippen molar-refractivity contribution in [3.8, 4) is 16.9 Å². The summed E-state index contributed by atoms with van der Waals surface area (Å²) < 4.78 is 12.9. The van der Waals surface area contributed by atoms with Gasteiger partial charge in [-0.2, -0.15) is 5.10 Å². The SMILES string of the molecule is COc1cc(N2CCOCC2)ccc1Nc1cc2cc(-c3cnn(CC(C)(C)O)c3)ccc2cn1. The lowest BCUT2D eigenvalue weighted by Gasteiger charge is -2.29. The van der Waals surface area contributed by atoms with E-state index in [-0.39, 0.29) is 0 Å². The van der Waals surface area contributed by atoms with E-state index in [1.807, 2.05) is 30.7 Å². The van der Waals surface area contributed by atoms with Gasteiger partial charge in [0.1, 0.15) is 11.6 Å².